The van der Waals surface area contributed by atoms with Gasteiger partial charge in [-0.2, -0.15) is 4.57 Å². The molecule has 2 aromatic heterocycles. The van der Waals surface area contributed by atoms with E-state index < -0.39 is 5.91 Å². The van der Waals surface area contributed by atoms with Crippen molar-refractivity contribution in [2.45, 2.75) is 6.54 Å². The van der Waals surface area contributed by atoms with Crippen LogP contribution in [0.3, 0.4) is 0 Å². The van der Waals surface area contributed by atoms with E-state index >= 15 is 0 Å². The predicted octanol–water partition coefficient (Wildman–Crippen LogP) is 0.375. The van der Waals surface area contributed by atoms with Crippen LogP contribution in [0.15, 0.2) is 41.5 Å². The Morgan fingerprint density at radius 3 is 2.68 bits per heavy atom. The second-order valence-corrected chi connectivity index (χ2v) is 5.37. The number of carbonyl (C=O) groups is 1. The molecule has 25 heavy (non-hydrogen) atoms. The topological polar surface area (TPSA) is 111 Å². The summed E-state index contributed by atoms with van der Waals surface area (Å²) in [7, 11) is 3.02. The molecule has 2 heterocycles. The smallest absolute Gasteiger partial charge is 0.259 e. The molecule has 3 rings (SSSR count). The molecule has 1 amide bonds. The number of primary amides is 1. The molecular weight excluding hydrogens is 324 g/mol. The van der Waals surface area contributed by atoms with Crippen LogP contribution in [0.2, 0.25) is 0 Å². The molecule has 1 aromatic carbocycles. The van der Waals surface area contributed by atoms with E-state index in [0.717, 1.165) is 0 Å². The summed E-state index contributed by atoms with van der Waals surface area (Å²) in [6.45, 7) is 0.278. The molecule has 0 unspecified atom stereocenters. The second-order valence-electron chi connectivity index (χ2n) is 5.37. The largest absolute Gasteiger partial charge is 0.493 e. The number of benzene rings is 1. The van der Waals surface area contributed by atoms with E-state index in [2.05, 4.69) is 9.97 Å². The maximum Gasteiger partial charge on any atom is 0.259 e. The van der Waals surface area contributed by atoms with E-state index in [1.54, 1.807) is 41.2 Å². The van der Waals surface area contributed by atoms with Crippen molar-refractivity contribution in [3.63, 3.8) is 0 Å². The lowest BCUT2D eigenvalue weighted by molar-refractivity contribution is -0.689. The maximum absolute atomic E-state index is 12.4. The lowest BCUT2D eigenvalue weighted by atomic mass is 10.2. The number of carbonyl (C=O) groups excluding carboxylic acids is 1. The molecule has 128 valence electrons. The fourth-order valence-corrected chi connectivity index (χ4v) is 2.53. The Hall–Kier alpha value is -3.42. The van der Waals surface area contributed by atoms with Crippen molar-refractivity contribution in [3.05, 3.63) is 58.4 Å². The molecule has 0 saturated heterocycles. The molecule has 3 N–H and O–H groups in total. The number of methoxy groups -OCH3 is 2. The number of aromatic nitrogens is 3. The van der Waals surface area contributed by atoms with Crippen LogP contribution < -0.4 is 25.3 Å². The minimum absolute atomic E-state index is 0.278. The van der Waals surface area contributed by atoms with Crippen molar-refractivity contribution < 1.29 is 18.8 Å². The lowest BCUT2D eigenvalue weighted by Gasteiger charge is -2.08. The van der Waals surface area contributed by atoms with Gasteiger partial charge in [-0.3, -0.25) is 9.59 Å². The molecule has 0 aliphatic carbocycles. The molecule has 8 nitrogen and oxygen atoms in total. The number of nitrogens with one attached hydrogen (secondary N) is 1. The summed E-state index contributed by atoms with van der Waals surface area (Å²) in [4.78, 5) is 30.8. The van der Waals surface area contributed by atoms with Gasteiger partial charge in [0.25, 0.3) is 11.5 Å². The van der Waals surface area contributed by atoms with Gasteiger partial charge in [-0.25, -0.2) is 4.98 Å². The minimum atomic E-state index is -0.522. The molecule has 3 aromatic rings. The minimum Gasteiger partial charge on any atom is -0.493 e. The number of pyridine rings is 1. The first kappa shape index (κ1) is 16.4. The van der Waals surface area contributed by atoms with E-state index in [0.29, 0.717) is 33.8 Å². The van der Waals surface area contributed by atoms with Crippen LogP contribution in [0.25, 0.3) is 10.9 Å². The van der Waals surface area contributed by atoms with Crippen LogP contribution in [0, 0.1) is 0 Å². The number of aromatic amines is 1. The van der Waals surface area contributed by atoms with Crippen molar-refractivity contribution in [1.82, 2.24) is 9.97 Å². The number of hydrogen-bond acceptors (Lipinski definition) is 5. The van der Waals surface area contributed by atoms with Crippen molar-refractivity contribution >= 4 is 16.8 Å². The number of nitrogens with zero attached hydrogens (tertiary/aromatic N) is 2. The van der Waals surface area contributed by atoms with Gasteiger partial charge in [0.05, 0.1) is 25.1 Å². The van der Waals surface area contributed by atoms with Crippen molar-refractivity contribution in [1.29, 1.82) is 0 Å². The Balaban J connectivity index is 2.04. The van der Waals surface area contributed by atoms with Crippen molar-refractivity contribution in [2.24, 2.45) is 5.73 Å². The summed E-state index contributed by atoms with van der Waals surface area (Å²) in [5, 5.41) is 0.400. The molecule has 0 atom stereocenters. The van der Waals surface area contributed by atoms with Gasteiger partial charge in [0.2, 0.25) is 6.54 Å². The number of amides is 1. The van der Waals surface area contributed by atoms with E-state index in [9.17, 15) is 9.59 Å². The summed E-state index contributed by atoms with van der Waals surface area (Å²) < 4.78 is 12.2. The van der Waals surface area contributed by atoms with E-state index in [1.165, 1.54) is 14.2 Å². The quantitative estimate of drug-likeness (QED) is 0.652. The maximum atomic E-state index is 12.4. The Bertz CT molecular complexity index is 1010. The van der Waals surface area contributed by atoms with Gasteiger partial charge >= 0.3 is 0 Å². The third-order valence-corrected chi connectivity index (χ3v) is 3.73. The van der Waals surface area contributed by atoms with Crippen LogP contribution in [-0.4, -0.2) is 30.1 Å². The summed E-state index contributed by atoms with van der Waals surface area (Å²) >= 11 is 0. The standard InChI is InChI=1S/C17H16N4O4/c1-24-13-6-11-12(7-14(13)25-2)19-15(20-17(11)23)9-21-5-3-4-10(8-21)16(18)22/h3-8H,9H2,1-2H3,(H2-,18,19,20,22,23)/p+1. The zero-order valence-corrected chi connectivity index (χ0v) is 13.8. The molecule has 0 spiro atoms. The first-order valence-electron chi connectivity index (χ1n) is 7.45. The Morgan fingerprint density at radius 1 is 1.28 bits per heavy atom. The van der Waals surface area contributed by atoms with Gasteiger partial charge in [-0.15, -0.1) is 0 Å². The average molecular weight is 341 g/mol. The monoisotopic (exact) mass is 341 g/mol. The number of fused-ring (bicyclic) bond motifs is 1. The zero-order valence-electron chi connectivity index (χ0n) is 13.8. The molecule has 0 radical (unpaired) electrons. The van der Waals surface area contributed by atoms with Gasteiger partial charge in [0, 0.05) is 12.1 Å². The van der Waals surface area contributed by atoms with Crippen LogP contribution in [0.1, 0.15) is 16.2 Å². The molecule has 8 heteroatoms. The highest BCUT2D eigenvalue weighted by atomic mass is 16.5. The highest BCUT2D eigenvalue weighted by Gasteiger charge is 2.14. The highest BCUT2D eigenvalue weighted by Crippen LogP contribution is 2.29. The second kappa shape index (κ2) is 6.60. The SMILES string of the molecule is COc1cc2nc(C[n+]3cccc(C(N)=O)c3)[nH]c(=O)c2cc1OC. The number of hydrogen-bond donors (Lipinski definition) is 2. The van der Waals surface area contributed by atoms with Gasteiger partial charge in [-0.05, 0) is 12.1 Å². The first-order valence-corrected chi connectivity index (χ1v) is 7.45. The van der Waals surface area contributed by atoms with Crippen LogP contribution in [0.4, 0.5) is 0 Å². The molecule has 0 aliphatic rings. The molecule has 0 saturated carbocycles. The Labute approximate surface area is 142 Å². The first-order chi connectivity index (χ1) is 12.0. The Morgan fingerprint density at radius 2 is 2.00 bits per heavy atom. The fraction of sp³-hybridized carbons (Fsp3) is 0.176. The van der Waals surface area contributed by atoms with Crippen molar-refractivity contribution in [2.75, 3.05) is 14.2 Å². The van der Waals surface area contributed by atoms with Gasteiger partial charge in [0.15, 0.2) is 29.7 Å². The summed E-state index contributed by atoms with van der Waals surface area (Å²) in [6, 6.07) is 6.56. The number of ether oxygens (including phenoxy) is 2. The van der Waals surface area contributed by atoms with E-state index in [1.807, 2.05) is 0 Å². The van der Waals surface area contributed by atoms with Crippen molar-refractivity contribution in [3.8, 4) is 11.5 Å². The molecule has 0 aliphatic heterocycles. The molecule has 0 bridgehead atoms. The van der Waals surface area contributed by atoms with E-state index in [4.69, 9.17) is 15.2 Å². The third kappa shape index (κ3) is 3.27. The van der Waals surface area contributed by atoms with Gasteiger partial charge in [0.1, 0.15) is 5.56 Å². The van der Waals surface area contributed by atoms with Crippen LogP contribution >= 0.6 is 0 Å². The number of nitrogens with two attached hydrogens (primary N) is 1. The highest BCUT2D eigenvalue weighted by molar-refractivity contribution is 5.92. The summed E-state index contributed by atoms with van der Waals surface area (Å²) in [5.41, 5.74) is 5.86. The molecule has 0 fully saturated rings. The number of rotatable bonds is 5. The van der Waals surface area contributed by atoms with Crippen LogP contribution in [0.5, 0.6) is 11.5 Å². The fourth-order valence-electron chi connectivity index (χ4n) is 2.53. The summed E-state index contributed by atoms with van der Waals surface area (Å²) in [6.07, 6.45) is 3.35. The van der Waals surface area contributed by atoms with Gasteiger partial charge in [-0.1, -0.05) is 0 Å². The Kier molecular flexibility index (Phi) is 4.34. The normalized spacial score (nSPS) is 10.6. The number of H-pyrrole nitrogens is 1. The zero-order chi connectivity index (χ0) is 18.0. The summed E-state index contributed by atoms with van der Waals surface area (Å²) in [5.74, 6) is 0.864. The predicted molar refractivity (Wildman–Crippen MR) is 89.7 cm³/mol. The van der Waals surface area contributed by atoms with Gasteiger partial charge < -0.3 is 20.2 Å². The van der Waals surface area contributed by atoms with Crippen LogP contribution in [-0.2, 0) is 6.54 Å². The van der Waals surface area contributed by atoms with E-state index in [-0.39, 0.29) is 12.1 Å². The average Bonchev–Trinajstić information content (AvgIpc) is 2.61. The lowest BCUT2D eigenvalue weighted by Crippen LogP contribution is -2.36. The molecular formula is C17H17N4O4+. The third-order valence-electron chi connectivity index (χ3n) is 3.73.